The van der Waals surface area contributed by atoms with Crippen LogP contribution in [0.2, 0.25) is 0 Å². The number of esters is 1. The SMILES string of the molecule is O=C(COC(=O)c1cccc(NS(=O)(=O)c2ccccc2)c1)NC1CCCC1. The van der Waals surface area contributed by atoms with E-state index >= 15 is 0 Å². The van der Waals surface area contributed by atoms with Crippen molar-refractivity contribution < 1.29 is 22.7 Å². The smallest absolute Gasteiger partial charge is 0.338 e. The van der Waals surface area contributed by atoms with E-state index in [4.69, 9.17) is 4.74 Å². The van der Waals surface area contributed by atoms with E-state index in [9.17, 15) is 18.0 Å². The summed E-state index contributed by atoms with van der Waals surface area (Å²) >= 11 is 0. The number of carbonyl (C=O) groups is 2. The van der Waals surface area contributed by atoms with Crippen LogP contribution in [0.5, 0.6) is 0 Å². The highest BCUT2D eigenvalue weighted by molar-refractivity contribution is 7.92. The summed E-state index contributed by atoms with van der Waals surface area (Å²) in [5, 5.41) is 2.84. The van der Waals surface area contributed by atoms with Gasteiger partial charge in [0.2, 0.25) is 0 Å². The topological polar surface area (TPSA) is 102 Å². The molecule has 0 radical (unpaired) electrons. The number of hydrogen-bond acceptors (Lipinski definition) is 5. The number of carbonyl (C=O) groups excluding carboxylic acids is 2. The summed E-state index contributed by atoms with van der Waals surface area (Å²) in [4.78, 5) is 24.2. The van der Waals surface area contributed by atoms with E-state index in [0.717, 1.165) is 25.7 Å². The fourth-order valence-electron chi connectivity index (χ4n) is 3.08. The summed E-state index contributed by atoms with van der Waals surface area (Å²) in [7, 11) is -3.76. The lowest BCUT2D eigenvalue weighted by atomic mass is 10.2. The molecule has 2 aromatic carbocycles. The molecule has 1 amide bonds. The Bertz CT molecular complexity index is 938. The number of anilines is 1. The molecule has 148 valence electrons. The molecule has 8 heteroatoms. The number of ether oxygens (including phenoxy) is 1. The second-order valence-corrected chi connectivity index (χ2v) is 8.31. The van der Waals surface area contributed by atoms with Crippen LogP contribution in [-0.4, -0.2) is 32.9 Å². The van der Waals surface area contributed by atoms with Crippen molar-refractivity contribution in [1.29, 1.82) is 0 Å². The Kier molecular flexibility index (Phi) is 6.30. The van der Waals surface area contributed by atoms with E-state index in [0.29, 0.717) is 0 Å². The van der Waals surface area contributed by atoms with Gasteiger partial charge in [0.1, 0.15) is 0 Å². The molecule has 7 nitrogen and oxygen atoms in total. The second kappa shape index (κ2) is 8.88. The van der Waals surface area contributed by atoms with Crippen LogP contribution in [0.4, 0.5) is 5.69 Å². The van der Waals surface area contributed by atoms with E-state index < -0.39 is 16.0 Å². The zero-order chi connectivity index (χ0) is 20.0. The minimum absolute atomic E-state index is 0.117. The summed E-state index contributed by atoms with van der Waals surface area (Å²) in [6.45, 7) is -0.366. The Morgan fingerprint density at radius 1 is 1.00 bits per heavy atom. The molecule has 0 saturated heterocycles. The lowest BCUT2D eigenvalue weighted by Crippen LogP contribution is -2.35. The van der Waals surface area contributed by atoms with Gasteiger partial charge in [0.25, 0.3) is 15.9 Å². The van der Waals surface area contributed by atoms with Crippen LogP contribution >= 0.6 is 0 Å². The molecule has 0 heterocycles. The third-order valence-electron chi connectivity index (χ3n) is 4.46. The molecule has 0 atom stereocenters. The monoisotopic (exact) mass is 402 g/mol. The highest BCUT2D eigenvalue weighted by Crippen LogP contribution is 2.18. The van der Waals surface area contributed by atoms with Crippen molar-refractivity contribution in [3.63, 3.8) is 0 Å². The normalized spacial score (nSPS) is 14.4. The predicted molar refractivity (Wildman–Crippen MR) is 104 cm³/mol. The van der Waals surface area contributed by atoms with E-state index in [1.54, 1.807) is 18.2 Å². The standard InChI is InChI=1S/C20H22N2O5S/c23-19(21-16-8-4-5-9-16)14-27-20(24)15-7-6-10-17(13-15)22-28(25,26)18-11-2-1-3-12-18/h1-3,6-7,10-13,16,22H,4-5,8-9,14H2,(H,21,23). The van der Waals surface area contributed by atoms with Crippen molar-refractivity contribution in [2.75, 3.05) is 11.3 Å². The van der Waals surface area contributed by atoms with Crippen molar-refractivity contribution in [2.24, 2.45) is 0 Å². The summed E-state index contributed by atoms with van der Waals surface area (Å²) in [5.74, 6) is -1.02. The molecule has 0 unspecified atom stereocenters. The first kappa shape index (κ1) is 19.9. The predicted octanol–water partition coefficient (Wildman–Crippen LogP) is 2.70. The van der Waals surface area contributed by atoms with Gasteiger partial charge in [-0.25, -0.2) is 13.2 Å². The van der Waals surface area contributed by atoms with Crippen molar-refractivity contribution in [2.45, 2.75) is 36.6 Å². The zero-order valence-corrected chi connectivity index (χ0v) is 16.1. The molecular weight excluding hydrogens is 380 g/mol. The van der Waals surface area contributed by atoms with Crippen LogP contribution in [0.3, 0.4) is 0 Å². The molecule has 2 N–H and O–H groups in total. The van der Waals surface area contributed by atoms with Crippen LogP contribution < -0.4 is 10.0 Å². The Morgan fingerprint density at radius 2 is 1.71 bits per heavy atom. The lowest BCUT2D eigenvalue weighted by molar-refractivity contribution is -0.124. The molecule has 1 saturated carbocycles. The minimum Gasteiger partial charge on any atom is -0.452 e. The minimum atomic E-state index is -3.76. The van der Waals surface area contributed by atoms with Gasteiger partial charge in [-0.3, -0.25) is 9.52 Å². The first-order valence-corrected chi connectivity index (χ1v) is 10.6. The number of sulfonamides is 1. The molecule has 0 bridgehead atoms. The van der Waals surface area contributed by atoms with Gasteiger partial charge >= 0.3 is 5.97 Å². The molecule has 1 aliphatic rings. The Hall–Kier alpha value is -2.87. The fraction of sp³-hybridized carbons (Fsp3) is 0.300. The highest BCUT2D eigenvalue weighted by atomic mass is 32.2. The van der Waals surface area contributed by atoms with Crippen LogP contribution in [0.1, 0.15) is 36.0 Å². The number of rotatable bonds is 7. The van der Waals surface area contributed by atoms with Gasteiger partial charge in [-0.15, -0.1) is 0 Å². The van der Waals surface area contributed by atoms with Crippen LogP contribution in [-0.2, 0) is 19.6 Å². The van der Waals surface area contributed by atoms with Crippen LogP contribution in [0, 0.1) is 0 Å². The van der Waals surface area contributed by atoms with Crippen LogP contribution in [0.15, 0.2) is 59.5 Å². The van der Waals surface area contributed by atoms with Crippen molar-refractivity contribution in [1.82, 2.24) is 5.32 Å². The fourth-order valence-corrected chi connectivity index (χ4v) is 4.15. The number of hydrogen-bond donors (Lipinski definition) is 2. The number of amides is 1. The third kappa shape index (κ3) is 5.32. The average molecular weight is 402 g/mol. The van der Waals surface area contributed by atoms with E-state index in [-0.39, 0.29) is 34.7 Å². The van der Waals surface area contributed by atoms with Gasteiger partial charge in [-0.1, -0.05) is 37.1 Å². The first-order valence-electron chi connectivity index (χ1n) is 9.08. The first-order chi connectivity index (χ1) is 13.4. The summed E-state index contributed by atoms with van der Waals surface area (Å²) in [6, 6.07) is 14.0. The maximum absolute atomic E-state index is 12.4. The van der Waals surface area contributed by atoms with Gasteiger partial charge in [0.15, 0.2) is 6.61 Å². The maximum Gasteiger partial charge on any atom is 0.338 e. The van der Waals surface area contributed by atoms with Gasteiger partial charge in [-0.2, -0.15) is 0 Å². The molecule has 1 fully saturated rings. The molecule has 1 aliphatic carbocycles. The third-order valence-corrected chi connectivity index (χ3v) is 5.86. The molecule has 2 aromatic rings. The number of nitrogens with one attached hydrogen (secondary N) is 2. The van der Waals surface area contributed by atoms with Crippen LogP contribution in [0.25, 0.3) is 0 Å². The Morgan fingerprint density at radius 3 is 2.43 bits per heavy atom. The van der Waals surface area contributed by atoms with Gasteiger partial charge in [0, 0.05) is 11.7 Å². The Labute approximate surface area is 164 Å². The van der Waals surface area contributed by atoms with Crippen molar-refractivity contribution in [3.8, 4) is 0 Å². The molecule has 0 spiro atoms. The molecule has 0 aromatic heterocycles. The van der Waals surface area contributed by atoms with E-state index in [1.165, 1.54) is 36.4 Å². The quantitative estimate of drug-likeness (QED) is 0.694. The molecule has 28 heavy (non-hydrogen) atoms. The molecule has 0 aliphatic heterocycles. The van der Waals surface area contributed by atoms with Gasteiger partial charge in [-0.05, 0) is 43.2 Å². The van der Waals surface area contributed by atoms with E-state index in [2.05, 4.69) is 10.0 Å². The van der Waals surface area contributed by atoms with Crippen molar-refractivity contribution in [3.05, 3.63) is 60.2 Å². The zero-order valence-electron chi connectivity index (χ0n) is 15.3. The average Bonchev–Trinajstić information content (AvgIpc) is 3.19. The molecule has 3 rings (SSSR count). The van der Waals surface area contributed by atoms with Crippen molar-refractivity contribution >= 4 is 27.6 Å². The van der Waals surface area contributed by atoms with Gasteiger partial charge in [0.05, 0.1) is 10.5 Å². The largest absolute Gasteiger partial charge is 0.452 e. The second-order valence-electron chi connectivity index (χ2n) is 6.62. The Balaban J connectivity index is 1.59. The highest BCUT2D eigenvalue weighted by Gasteiger charge is 2.19. The summed E-state index contributed by atoms with van der Waals surface area (Å²) in [6.07, 6.45) is 4.08. The summed E-state index contributed by atoms with van der Waals surface area (Å²) < 4.78 is 32.2. The maximum atomic E-state index is 12.4. The summed E-state index contributed by atoms with van der Waals surface area (Å²) in [5.41, 5.74) is 0.385. The molecular formula is C20H22N2O5S. The lowest BCUT2D eigenvalue weighted by Gasteiger charge is -2.12. The van der Waals surface area contributed by atoms with Gasteiger partial charge < -0.3 is 10.1 Å². The van der Waals surface area contributed by atoms with E-state index in [1.807, 2.05) is 0 Å². The number of benzene rings is 2.